The number of nitrogens with zero attached hydrogens (tertiary/aromatic N) is 4. The summed E-state index contributed by atoms with van der Waals surface area (Å²) in [5, 5.41) is 13.9. The molecule has 4 amide bonds. The van der Waals surface area contributed by atoms with Crippen LogP contribution in [0.15, 0.2) is 49.1 Å². The number of carbonyl (C=O) groups excluding carboxylic acids is 3. The van der Waals surface area contributed by atoms with Gasteiger partial charge >= 0.3 is 6.03 Å². The molecule has 6 rings (SSSR count). The largest absolute Gasteiger partial charge is 0.454 e. The Morgan fingerprint density at radius 3 is 2.74 bits per heavy atom. The number of carbonyl (C=O) groups is 3. The number of non-ortho nitro benzene ring substituents is 1. The Morgan fingerprint density at radius 1 is 1.13 bits per heavy atom. The van der Waals surface area contributed by atoms with Crippen LogP contribution in [-0.4, -0.2) is 71.6 Å². The van der Waals surface area contributed by atoms with E-state index in [0.29, 0.717) is 43.2 Å². The maximum Gasteiger partial charge on any atom is 0.331 e. The number of nitro groups is 1. The molecule has 0 aliphatic carbocycles. The van der Waals surface area contributed by atoms with Gasteiger partial charge in [0.1, 0.15) is 0 Å². The van der Waals surface area contributed by atoms with Crippen LogP contribution in [0.3, 0.4) is 0 Å². The number of nitro benzene ring substituents is 1. The van der Waals surface area contributed by atoms with E-state index < -0.39 is 34.2 Å². The smallest absolute Gasteiger partial charge is 0.331 e. The molecule has 1 N–H and O–H groups in total. The molecule has 2 fully saturated rings. The number of benzene rings is 2. The molecule has 4 aliphatic rings. The fourth-order valence-electron chi connectivity index (χ4n) is 5.97. The van der Waals surface area contributed by atoms with Crippen LogP contribution in [0.4, 0.5) is 16.2 Å². The summed E-state index contributed by atoms with van der Waals surface area (Å²) in [7, 11) is 0. The van der Waals surface area contributed by atoms with Gasteiger partial charge < -0.3 is 14.4 Å². The summed E-state index contributed by atoms with van der Waals surface area (Å²) in [5.74, 6) is 0.0475. The van der Waals surface area contributed by atoms with Crippen molar-refractivity contribution >= 4 is 29.2 Å². The van der Waals surface area contributed by atoms with E-state index in [2.05, 4.69) is 16.8 Å². The second kappa shape index (κ2) is 8.84. The number of barbiturate groups is 1. The topological polar surface area (TPSA) is 135 Å². The summed E-state index contributed by atoms with van der Waals surface area (Å²) >= 11 is 0. The van der Waals surface area contributed by atoms with Crippen LogP contribution >= 0.6 is 0 Å². The fraction of sp³-hybridized carbons (Fsp3) is 0.346. The molecule has 2 saturated heterocycles. The third-order valence-electron chi connectivity index (χ3n) is 7.74. The van der Waals surface area contributed by atoms with E-state index in [1.165, 1.54) is 18.2 Å². The summed E-state index contributed by atoms with van der Waals surface area (Å²) in [6, 6.07) is 8.86. The number of ether oxygens (including phenoxy) is 2. The van der Waals surface area contributed by atoms with Crippen molar-refractivity contribution in [3.05, 3.63) is 70.3 Å². The maximum atomic E-state index is 14.0. The van der Waals surface area contributed by atoms with Gasteiger partial charge in [0, 0.05) is 57.0 Å². The Bertz CT molecular complexity index is 1390. The summed E-state index contributed by atoms with van der Waals surface area (Å²) < 4.78 is 10.9. The first kappa shape index (κ1) is 23.9. The van der Waals surface area contributed by atoms with Crippen LogP contribution < -0.4 is 19.7 Å². The minimum atomic E-state index is -1.65. The number of amides is 4. The molecule has 4 aliphatic heterocycles. The quantitative estimate of drug-likeness (QED) is 0.272. The fourth-order valence-corrected chi connectivity index (χ4v) is 5.97. The van der Waals surface area contributed by atoms with E-state index in [1.807, 2.05) is 23.1 Å². The second-order valence-corrected chi connectivity index (χ2v) is 9.81. The van der Waals surface area contributed by atoms with Gasteiger partial charge in [-0.25, -0.2) is 4.79 Å². The van der Waals surface area contributed by atoms with Gasteiger partial charge in [-0.15, -0.1) is 6.58 Å². The number of urea groups is 1. The van der Waals surface area contributed by atoms with E-state index in [4.69, 9.17) is 9.47 Å². The second-order valence-electron chi connectivity index (χ2n) is 9.81. The molecule has 0 bridgehead atoms. The highest BCUT2D eigenvalue weighted by molar-refractivity contribution is 6.20. The van der Waals surface area contributed by atoms with Crippen LogP contribution in [0.2, 0.25) is 0 Å². The van der Waals surface area contributed by atoms with E-state index in [0.717, 1.165) is 16.2 Å². The Balaban J connectivity index is 1.39. The predicted molar refractivity (Wildman–Crippen MR) is 134 cm³/mol. The molecule has 2 atom stereocenters. The SMILES string of the molecule is C=CCN1C(=O)NC(=O)[C@]2(Cc3cc([N+](=O)[O-])ccc3N3CCN(Cc4ccc5c(c4)OCO5)C[C@H]32)C1=O. The average Bonchev–Trinajstić information content (AvgIpc) is 3.37. The molecule has 0 aromatic heterocycles. The minimum absolute atomic E-state index is 0.0604. The first-order valence-corrected chi connectivity index (χ1v) is 12.2. The van der Waals surface area contributed by atoms with Gasteiger partial charge in [-0.1, -0.05) is 12.1 Å². The molecule has 196 valence electrons. The van der Waals surface area contributed by atoms with Crippen LogP contribution in [0, 0.1) is 15.5 Å². The van der Waals surface area contributed by atoms with Crippen LogP contribution in [0.25, 0.3) is 0 Å². The molecule has 0 unspecified atom stereocenters. The lowest BCUT2D eigenvalue weighted by atomic mass is 9.67. The molecular formula is C26H25N5O7. The molecule has 0 saturated carbocycles. The number of piperazine rings is 1. The monoisotopic (exact) mass is 519 g/mol. The molecule has 2 aromatic rings. The van der Waals surface area contributed by atoms with Gasteiger partial charge in [0.15, 0.2) is 16.9 Å². The summed E-state index contributed by atoms with van der Waals surface area (Å²) in [4.78, 5) is 56.3. The number of hydrogen-bond acceptors (Lipinski definition) is 9. The number of rotatable bonds is 5. The van der Waals surface area contributed by atoms with Crippen molar-refractivity contribution in [2.45, 2.75) is 19.0 Å². The van der Waals surface area contributed by atoms with Crippen molar-refractivity contribution in [1.29, 1.82) is 0 Å². The van der Waals surface area contributed by atoms with E-state index in [9.17, 15) is 24.5 Å². The lowest BCUT2D eigenvalue weighted by Crippen LogP contribution is -2.75. The van der Waals surface area contributed by atoms with Crippen LogP contribution in [0.1, 0.15) is 11.1 Å². The van der Waals surface area contributed by atoms with Gasteiger partial charge in [0.2, 0.25) is 18.6 Å². The lowest BCUT2D eigenvalue weighted by molar-refractivity contribution is -0.384. The zero-order valence-electron chi connectivity index (χ0n) is 20.4. The van der Waals surface area contributed by atoms with E-state index in [-0.39, 0.29) is 25.4 Å². The highest BCUT2D eigenvalue weighted by Crippen LogP contribution is 2.46. The number of anilines is 1. The highest BCUT2D eigenvalue weighted by Gasteiger charge is 2.62. The van der Waals surface area contributed by atoms with E-state index in [1.54, 1.807) is 6.07 Å². The number of imide groups is 2. The van der Waals surface area contributed by atoms with Crippen molar-refractivity contribution < 1.29 is 28.8 Å². The molecular weight excluding hydrogens is 494 g/mol. The Kier molecular flexibility index (Phi) is 5.56. The molecule has 4 heterocycles. The summed E-state index contributed by atoms with van der Waals surface area (Å²) in [6.07, 6.45) is 1.36. The van der Waals surface area contributed by atoms with Crippen molar-refractivity contribution in [1.82, 2.24) is 15.1 Å². The zero-order valence-corrected chi connectivity index (χ0v) is 20.4. The highest BCUT2D eigenvalue weighted by atomic mass is 16.7. The molecule has 0 radical (unpaired) electrons. The summed E-state index contributed by atoms with van der Waals surface area (Å²) in [6.45, 7) is 5.78. The first-order chi connectivity index (χ1) is 18.3. The molecule has 2 aromatic carbocycles. The van der Waals surface area contributed by atoms with Crippen LogP contribution in [-0.2, 0) is 22.6 Å². The van der Waals surface area contributed by atoms with Crippen molar-refractivity contribution in [3.8, 4) is 11.5 Å². The minimum Gasteiger partial charge on any atom is -0.454 e. The van der Waals surface area contributed by atoms with Crippen molar-refractivity contribution in [2.24, 2.45) is 5.41 Å². The Hall–Kier alpha value is -4.45. The molecule has 38 heavy (non-hydrogen) atoms. The number of hydrogen-bond donors (Lipinski definition) is 1. The third kappa shape index (κ3) is 3.59. The van der Waals surface area contributed by atoms with Gasteiger partial charge in [0.25, 0.3) is 5.69 Å². The maximum absolute atomic E-state index is 14.0. The average molecular weight is 520 g/mol. The van der Waals surface area contributed by atoms with Crippen molar-refractivity contribution in [2.75, 3.05) is 37.9 Å². The third-order valence-corrected chi connectivity index (χ3v) is 7.74. The molecule has 12 heteroatoms. The standard InChI is InChI=1S/C26H25N5O7/c1-2-7-30-24(33)26(23(32)27-25(30)34)12-17-11-18(31(35)36)4-5-19(17)29-9-8-28(14-22(26)29)13-16-3-6-20-21(10-16)38-15-37-20/h2-6,10-11,22H,1,7-9,12-15H2,(H,27,32,34)/t22-,26+/m0/s1. The molecule has 1 spiro atoms. The van der Waals surface area contributed by atoms with Gasteiger partial charge in [-0.05, 0) is 29.3 Å². The normalized spacial score (nSPS) is 24.2. The van der Waals surface area contributed by atoms with Crippen LogP contribution in [0.5, 0.6) is 11.5 Å². The van der Waals surface area contributed by atoms with Crippen molar-refractivity contribution in [3.63, 3.8) is 0 Å². The number of nitrogens with one attached hydrogen (secondary N) is 1. The first-order valence-electron chi connectivity index (χ1n) is 12.2. The summed E-state index contributed by atoms with van der Waals surface area (Å²) in [5.41, 5.74) is 0.498. The Morgan fingerprint density at radius 2 is 1.95 bits per heavy atom. The predicted octanol–water partition coefficient (Wildman–Crippen LogP) is 1.82. The van der Waals surface area contributed by atoms with Gasteiger partial charge in [0.05, 0.1) is 11.0 Å². The number of fused-ring (bicyclic) bond motifs is 5. The molecule has 12 nitrogen and oxygen atoms in total. The zero-order chi connectivity index (χ0) is 26.6. The van der Waals surface area contributed by atoms with Gasteiger partial charge in [-0.3, -0.25) is 34.8 Å². The Labute approximate surface area is 217 Å². The van der Waals surface area contributed by atoms with Gasteiger partial charge in [-0.2, -0.15) is 0 Å². The van der Waals surface area contributed by atoms with E-state index >= 15 is 0 Å². The lowest BCUT2D eigenvalue weighted by Gasteiger charge is -2.55.